The standard InChI is InChI=1S/C21H23N3O3S2/c1-21(2,3)24-29(26,27)18-12-8-7-11-16(18)23-20(25)17-14-28-19(22-17)13-15-9-5-4-6-10-15/h4-12,14,24H,13H2,1-3H3,(H,23,25). The van der Waals surface area contributed by atoms with Crippen LogP contribution in [0.4, 0.5) is 5.69 Å². The predicted octanol–water partition coefficient (Wildman–Crippen LogP) is 4.06. The molecule has 152 valence electrons. The highest BCUT2D eigenvalue weighted by molar-refractivity contribution is 7.89. The Kier molecular flexibility index (Phi) is 6.16. The van der Waals surface area contributed by atoms with Gasteiger partial charge in [0.1, 0.15) is 10.6 Å². The van der Waals surface area contributed by atoms with Crippen molar-refractivity contribution in [3.8, 4) is 0 Å². The van der Waals surface area contributed by atoms with Gasteiger partial charge in [-0.1, -0.05) is 42.5 Å². The Balaban J connectivity index is 1.78. The first-order valence-electron chi connectivity index (χ1n) is 9.07. The summed E-state index contributed by atoms with van der Waals surface area (Å²) in [5, 5.41) is 5.18. The highest BCUT2D eigenvalue weighted by Crippen LogP contribution is 2.23. The maximum absolute atomic E-state index is 12.7. The molecule has 2 N–H and O–H groups in total. The molecule has 0 aliphatic rings. The number of para-hydroxylation sites is 1. The molecule has 0 unspecified atom stereocenters. The van der Waals surface area contributed by atoms with Crippen molar-refractivity contribution < 1.29 is 13.2 Å². The smallest absolute Gasteiger partial charge is 0.275 e. The number of hydrogen-bond donors (Lipinski definition) is 2. The second-order valence-electron chi connectivity index (χ2n) is 7.59. The Morgan fingerprint density at radius 1 is 1.03 bits per heavy atom. The summed E-state index contributed by atoms with van der Waals surface area (Å²) in [5.41, 5.74) is 0.944. The van der Waals surface area contributed by atoms with Crippen molar-refractivity contribution in [3.05, 3.63) is 76.2 Å². The molecule has 0 radical (unpaired) electrons. The van der Waals surface area contributed by atoms with Gasteiger partial charge in [-0.05, 0) is 38.5 Å². The molecular weight excluding hydrogens is 406 g/mol. The first-order chi connectivity index (χ1) is 13.6. The van der Waals surface area contributed by atoms with Crippen LogP contribution in [-0.4, -0.2) is 24.8 Å². The highest BCUT2D eigenvalue weighted by Gasteiger charge is 2.25. The number of hydrogen-bond acceptors (Lipinski definition) is 5. The number of carbonyl (C=O) groups excluding carboxylic acids is 1. The minimum Gasteiger partial charge on any atom is -0.319 e. The minimum absolute atomic E-state index is 0.0167. The summed E-state index contributed by atoms with van der Waals surface area (Å²) < 4.78 is 28.0. The number of amides is 1. The van der Waals surface area contributed by atoms with E-state index in [1.54, 1.807) is 44.4 Å². The summed E-state index contributed by atoms with van der Waals surface area (Å²) in [6.07, 6.45) is 0.638. The molecule has 6 nitrogen and oxygen atoms in total. The van der Waals surface area contributed by atoms with Crippen LogP contribution >= 0.6 is 11.3 Å². The quantitative estimate of drug-likeness (QED) is 0.618. The normalized spacial score (nSPS) is 12.0. The van der Waals surface area contributed by atoms with Gasteiger partial charge in [-0.3, -0.25) is 4.79 Å². The summed E-state index contributed by atoms with van der Waals surface area (Å²) in [5.74, 6) is -0.445. The van der Waals surface area contributed by atoms with E-state index in [4.69, 9.17) is 0 Å². The summed E-state index contributed by atoms with van der Waals surface area (Å²) in [6.45, 7) is 5.28. The number of sulfonamides is 1. The van der Waals surface area contributed by atoms with Crippen LogP contribution in [0.1, 0.15) is 41.8 Å². The third kappa shape index (κ3) is 5.72. The molecule has 29 heavy (non-hydrogen) atoms. The van der Waals surface area contributed by atoms with Crippen LogP contribution in [0.2, 0.25) is 0 Å². The lowest BCUT2D eigenvalue weighted by molar-refractivity contribution is 0.102. The van der Waals surface area contributed by atoms with Crippen molar-refractivity contribution >= 4 is 33.0 Å². The SMILES string of the molecule is CC(C)(C)NS(=O)(=O)c1ccccc1NC(=O)c1csc(Cc2ccccc2)n1. The highest BCUT2D eigenvalue weighted by atomic mass is 32.2. The lowest BCUT2D eigenvalue weighted by Gasteiger charge is -2.21. The Hall–Kier alpha value is -2.55. The van der Waals surface area contributed by atoms with E-state index in [0.717, 1.165) is 10.6 Å². The maximum Gasteiger partial charge on any atom is 0.275 e. The molecule has 0 atom stereocenters. The monoisotopic (exact) mass is 429 g/mol. The molecule has 0 fully saturated rings. The number of carbonyl (C=O) groups is 1. The zero-order chi connectivity index (χ0) is 21.1. The molecule has 1 heterocycles. The van der Waals surface area contributed by atoms with Crippen LogP contribution in [0.25, 0.3) is 0 Å². The fourth-order valence-corrected chi connectivity index (χ4v) is 5.11. The van der Waals surface area contributed by atoms with E-state index in [-0.39, 0.29) is 16.3 Å². The fourth-order valence-electron chi connectivity index (χ4n) is 2.72. The lowest BCUT2D eigenvalue weighted by Crippen LogP contribution is -2.40. The number of nitrogens with one attached hydrogen (secondary N) is 2. The molecule has 3 rings (SSSR count). The van der Waals surface area contributed by atoms with Crippen molar-refractivity contribution in [2.45, 2.75) is 37.6 Å². The van der Waals surface area contributed by atoms with Crippen molar-refractivity contribution in [2.24, 2.45) is 0 Å². The first kappa shape index (κ1) is 21.2. The number of thiazole rings is 1. The van der Waals surface area contributed by atoms with E-state index in [2.05, 4.69) is 15.0 Å². The predicted molar refractivity (Wildman–Crippen MR) is 116 cm³/mol. The second-order valence-corrected chi connectivity index (χ2v) is 10.2. The van der Waals surface area contributed by atoms with Gasteiger partial charge in [-0.15, -0.1) is 11.3 Å². The first-order valence-corrected chi connectivity index (χ1v) is 11.4. The van der Waals surface area contributed by atoms with Crippen molar-refractivity contribution in [1.29, 1.82) is 0 Å². The Labute approximate surface area is 175 Å². The van der Waals surface area contributed by atoms with Gasteiger partial charge in [-0.25, -0.2) is 18.1 Å². The molecule has 3 aromatic rings. The van der Waals surface area contributed by atoms with E-state index in [1.807, 2.05) is 30.3 Å². The van der Waals surface area contributed by atoms with Gasteiger partial charge in [-0.2, -0.15) is 0 Å². The molecule has 0 aliphatic heterocycles. The van der Waals surface area contributed by atoms with Crippen molar-refractivity contribution in [2.75, 3.05) is 5.32 Å². The number of rotatable bonds is 6. The van der Waals surface area contributed by atoms with Crippen LogP contribution in [0, 0.1) is 0 Å². The third-order valence-electron chi connectivity index (χ3n) is 3.85. The van der Waals surface area contributed by atoms with Crippen LogP contribution in [0.3, 0.4) is 0 Å². The fraction of sp³-hybridized carbons (Fsp3) is 0.238. The van der Waals surface area contributed by atoms with Gasteiger partial charge >= 0.3 is 0 Å². The number of aromatic nitrogens is 1. The molecule has 0 saturated carbocycles. The van der Waals surface area contributed by atoms with Gasteiger partial charge in [0.25, 0.3) is 5.91 Å². The lowest BCUT2D eigenvalue weighted by atomic mass is 10.1. The van der Waals surface area contributed by atoms with E-state index in [1.165, 1.54) is 17.4 Å². The number of anilines is 1. The van der Waals surface area contributed by atoms with Crippen LogP contribution < -0.4 is 10.0 Å². The zero-order valence-electron chi connectivity index (χ0n) is 16.5. The van der Waals surface area contributed by atoms with Gasteiger partial charge in [0.2, 0.25) is 10.0 Å². The van der Waals surface area contributed by atoms with Crippen LogP contribution in [-0.2, 0) is 16.4 Å². The third-order valence-corrected chi connectivity index (χ3v) is 6.51. The summed E-state index contributed by atoms with van der Waals surface area (Å²) >= 11 is 1.40. The zero-order valence-corrected chi connectivity index (χ0v) is 18.1. The largest absolute Gasteiger partial charge is 0.319 e. The summed E-state index contributed by atoms with van der Waals surface area (Å²) in [4.78, 5) is 17.1. The van der Waals surface area contributed by atoms with E-state index >= 15 is 0 Å². The molecule has 8 heteroatoms. The average Bonchev–Trinajstić information content (AvgIpc) is 3.09. The van der Waals surface area contributed by atoms with E-state index < -0.39 is 21.5 Å². The van der Waals surface area contributed by atoms with Gasteiger partial charge < -0.3 is 5.32 Å². The number of benzene rings is 2. The van der Waals surface area contributed by atoms with E-state index in [0.29, 0.717) is 6.42 Å². The Bertz CT molecular complexity index is 1100. The summed E-state index contributed by atoms with van der Waals surface area (Å²) in [7, 11) is -3.79. The molecule has 1 amide bonds. The van der Waals surface area contributed by atoms with Crippen LogP contribution in [0.15, 0.2) is 64.9 Å². The molecule has 0 aliphatic carbocycles. The summed E-state index contributed by atoms with van der Waals surface area (Å²) in [6, 6.07) is 16.2. The maximum atomic E-state index is 12.7. The Morgan fingerprint density at radius 3 is 2.38 bits per heavy atom. The second kappa shape index (κ2) is 8.44. The molecule has 2 aromatic carbocycles. The van der Waals surface area contributed by atoms with Gasteiger partial charge in [0, 0.05) is 17.3 Å². The average molecular weight is 430 g/mol. The number of nitrogens with zero attached hydrogens (tertiary/aromatic N) is 1. The molecule has 0 bridgehead atoms. The van der Waals surface area contributed by atoms with Crippen LogP contribution in [0.5, 0.6) is 0 Å². The molecule has 0 spiro atoms. The minimum atomic E-state index is -3.79. The van der Waals surface area contributed by atoms with Crippen molar-refractivity contribution in [1.82, 2.24) is 9.71 Å². The van der Waals surface area contributed by atoms with Gasteiger partial charge in [0.05, 0.1) is 10.7 Å². The molecule has 0 saturated heterocycles. The Morgan fingerprint density at radius 2 is 1.69 bits per heavy atom. The topological polar surface area (TPSA) is 88.2 Å². The molecular formula is C21H23N3O3S2. The van der Waals surface area contributed by atoms with E-state index in [9.17, 15) is 13.2 Å². The van der Waals surface area contributed by atoms with Gasteiger partial charge in [0.15, 0.2) is 0 Å². The van der Waals surface area contributed by atoms with Crippen molar-refractivity contribution in [3.63, 3.8) is 0 Å². The molecule has 1 aromatic heterocycles.